The summed E-state index contributed by atoms with van der Waals surface area (Å²) in [5.74, 6) is 0.622. The van der Waals surface area contributed by atoms with Crippen molar-refractivity contribution in [3.8, 4) is 5.75 Å². The maximum Gasteiger partial charge on any atom is 0.176 e. The van der Waals surface area contributed by atoms with Crippen molar-refractivity contribution >= 4 is 11.6 Å². The number of ether oxygens (including phenoxy) is 2. The molecule has 0 amide bonds. The van der Waals surface area contributed by atoms with Crippen molar-refractivity contribution < 1.29 is 9.47 Å². The van der Waals surface area contributed by atoms with E-state index in [1.807, 2.05) is 30.3 Å². The fourth-order valence-electron chi connectivity index (χ4n) is 2.46. The first kappa shape index (κ1) is 14.4. The van der Waals surface area contributed by atoms with Crippen LogP contribution in [0.4, 0.5) is 0 Å². The standard InChI is InChI=1S/C16H19ClN2O2/c17-16-15(21-12-13-6-2-1-3-7-13)10-18-19(16)11-14-8-4-5-9-20-14/h1-3,6-7,10,14H,4-5,8-9,11-12H2. The quantitative estimate of drug-likeness (QED) is 0.845. The number of nitrogens with zero attached hydrogens (tertiary/aromatic N) is 2. The van der Waals surface area contributed by atoms with Crippen LogP contribution in [0, 0.1) is 0 Å². The van der Waals surface area contributed by atoms with Gasteiger partial charge in [0.1, 0.15) is 6.61 Å². The van der Waals surface area contributed by atoms with Gasteiger partial charge < -0.3 is 9.47 Å². The third-order valence-electron chi connectivity index (χ3n) is 3.63. The summed E-state index contributed by atoms with van der Waals surface area (Å²) in [5, 5.41) is 4.84. The summed E-state index contributed by atoms with van der Waals surface area (Å²) in [6.07, 6.45) is 5.30. The zero-order chi connectivity index (χ0) is 14.5. The maximum atomic E-state index is 6.33. The second-order valence-corrected chi connectivity index (χ2v) is 5.60. The van der Waals surface area contributed by atoms with Crippen molar-refractivity contribution in [2.75, 3.05) is 6.61 Å². The Morgan fingerprint density at radius 3 is 2.90 bits per heavy atom. The number of halogens is 1. The van der Waals surface area contributed by atoms with Gasteiger partial charge >= 0.3 is 0 Å². The molecule has 2 aromatic rings. The third-order valence-corrected chi connectivity index (χ3v) is 4.01. The van der Waals surface area contributed by atoms with Crippen molar-refractivity contribution in [3.05, 3.63) is 47.2 Å². The van der Waals surface area contributed by atoms with Gasteiger partial charge in [0.05, 0.1) is 18.8 Å². The van der Waals surface area contributed by atoms with Gasteiger partial charge in [-0.2, -0.15) is 5.10 Å². The van der Waals surface area contributed by atoms with Crippen LogP contribution in [-0.4, -0.2) is 22.5 Å². The van der Waals surface area contributed by atoms with Crippen LogP contribution in [0.3, 0.4) is 0 Å². The molecule has 0 N–H and O–H groups in total. The summed E-state index contributed by atoms with van der Waals surface area (Å²) < 4.78 is 13.2. The monoisotopic (exact) mass is 306 g/mol. The van der Waals surface area contributed by atoms with Crippen LogP contribution in [0.2, 0.25) is 5.15 Å². The molecule has 112 valence electrons. The van der Waals surface area contributed by atoms with E-state index >= 15 is 0 Å². The third kappa shape index (κ3) is 3.77. The Hall–Kier alpha value is -1.52. The Bertz CT molecular complexity index is 565. The summed E-state index contributed by atoms with van der Waals surface area (Å²) in [5.41, 5.74) is 1.11. The molecule has 0 saturated carbocycles. The molecule has 1 aliphatic rings. The summed E-state index contributed by atoms with van der Waals surface area (Å²) in [6, 6.07) is 10.0. The van der Waals surface area contributed by atoms with Crippen LogP contribution in [0.15, 0.2) is 36.5 Å². The predicted molar refractivity (Wildman–Crippen MR) is 81.6 cm³/mol. The van der Waals surface area contributed by atoms with Gasteiger partial charge in [-0.15, -0.1) is 0 Å². The molecule has 0 bridgehead atoms. The van der Waals surface area contributed by atoms with Gasteiger partial charge in [0.2, 0.25) is 0 Å². The normalized spacial score (nSPS) is 18.6. The largest absolute Gasteiger partial charge is 0.484 e. The summed E-state index contributed by atoms with van der Waals surface area (Å²) in [4.78, 5) is 0. The summed E-state index contributed by atoms with van der Waals surface area (Å²) >= 11 is 6.33. The number of hydrogen-bond donors (Lipinski definition) is 0. The van der Waals surface area contributed by atoms with Crippen molar-refractivity contribution in [2.24, 2.45) is 0 Å². The fraction of sp³-hybridized carbons (Fsp3) is 0.438. The van der Waals surface area contributed by atoms with Crippen LogP contribution in [0.1, 0.15) is 24.8 Å². The van der Waals surface area contributed by atoms with Crippen molar-refractivity contribution in [2.45, 2.75) is 38.5 Å². The molecule has 5 heteroatoms. The van der Waals surface area contributed by atoms with Crippen LogP contribution in [0.5, 0.6) is 5.75 Å². The zero-order valence-electron chi connectivity index (χ0n) is 11.9. The Morgan fingerprint density at radius 2 is 2.14 bits per heavy atom. The van der Waals surface area contributed by atoms with E-state index in [-0.39, 0.29) is 6.10 Å². The number of aromatic nitrogens is 2. The minimum Gasteiger partial charge on any atom is -0.484 e. The zero-order valence-corrected chi connectivity index (χ0v) is 12.6. The van der Waals surface area contributed by atoms with Crippen molar-refractivity contribution in [3.63, 3.8) is 0 Å². The lowest BCUT2D eigenvalue weighted by molar-refractivity contribution is 0.00401. The first-order valence-corrected chi connectivity index (χ1v) is 7.70. The molecule has 1 unspecified atom stereocenters. The van der Waals surface area contributed by atoms with Gasteiger partial charge in [0.15, 0.2) is 10.9 Å². The molecule has 0 radical (unpaired) electrons. The molecule has 1 aliphatic heterocycles. The molecule has 1 atom stereocenters. The van der Waals surface area contributed by atoms with Crippen LogP contribution < -0.4 is 4.74 Å². The van der Waals surface area contributed by atoms with Crippen molar-refractivity contribution in [1.82, 2.24) is 9.78 Å². The van der Waals surface area contributed by atoms with E-state index in [1.54, 1.807) is 10.9 Å². The van der Waals surface area contributed by atoms with Gasteiger partial charge in [0.25, 0.3) is 0 Å². The molecule has 0 aliphatic carbocycles. The number of rotatable bonds is 5. The number of benzene rings is 1. The molecule has 2 heterocycles. The molecule has 1 fully saturated rings. The van der Waals surface area contributed by atoms with Gasteiger partial charge in [-0.1, -0.05) is 41.9 Å². The van der Waals surface area contributed by atoms with Crippen LogP contribution in [-0.2, 0) is 17.9 Å². The van der Waals surface area contributed by atoms with Crippen molar-refractivity contribution in [1.29, 1.82) is 0 Å². The molecule has 0 spiro atoms. The van der Waals surface area contributed by atoms with Gasteiger partial charge in [-0.25, -0.2) is 4.68 Å². The molecule has 1 aromatic heterocycles. The highest BCUT2D eigenvalue weighted by molar-refractivity contribution is 6.31. The van der Waals surface area contributed by atoms with E-state index in [1.165, 1.54) is 6.42 Å². The number of hydrogen-bond acceptors (Lipinski definition) is 3. The molecule has 1 saturated heterocycles. The van der Waals surface area contributed by atoms with Crippen LogP contribution >= 0.6 is 11.6 Å². The lowest BCUT2D eigenvalue weighted by Gasteiger charge is -2.22. The minimum atomic E-state index is 0.207. The SMILES string of the molecule is Clc1c(OCc2ccccc2)cnn1CC1CCCCO1. The van der Waals surface area contributed by atoms with Gasteiger partial charge in [-0.05, 0) is 24.8 Å². The van der Waals surface area contributed by atoms with Gasteiger partial charge in [-0.3, -0.25) is 0 Å². The topological polar surface area (TPSA) is 36.3 Å². The highest BCUT2D eigenvalue weighted by atomic mass is 35.5. The average molecular weight is 307 g/mol. The van der Waals surface area contributed by atoms with E-state index in [4.69, 9.17) is 21.1 Å². The minimum absolute atomic E-state index is 0.207. The maximum absolute atomic E-state index is 6.33. The molecule has 3 rings (SSSR count). The van der Waals surface area contributed by atoms with E-state index < -0.39 is 0 Å². The Balaban J connectivity index is 1.59. The van der Waals surface area contributed by atoms with Crippen LogP contribution in [0.25, 0.3) is 0 Å². The molecular formula is C16H19ClN2O2. The van der Waals surface area contributed by atoms with Gasteiger partial charge in [0, 0.05) is 6.61 Å². The molecule has 4 nitrogen and oxygen atoms in total. The average Bonchev–Trinajstić information content (AvgIpc) is 2.88. The predicted octanol–water partition coefficient (Wildman–Crippen LogP) is 3.68. The lowest BCUT2D eigenvalue weighted by atomic mass is 10.1. The van der Waals surface area contributed by atoms with E-state index in [0.29, 0.717) is 24.1 Å². The Morgan fingerprint density at radius 1 is 1.29 bits per heavy atom. The van der Waals surface area contributed by atoms with E-state index in [9.17, 15) is 0 Å². The second-order valence-electron chi connectivity index (χ2n) is 5.24. The van der Waals surface area contributed by atoms with E-state index in [2.05, 4.69) is 5.10 Å². The summed E-state index contributed by atoms with van der Waals surface area (Å²) in [6.45, 7) is 2.01. The fourth-order valence-corrected chi connectivity index (χ4v) is 2.67. The Labute approximate surface area is 129 Å². The Kier molecular flexibility index (Phi) is 4.78. The first-order valence-electron chi connectivity index (χ1n) is 7.32. The highest BCUT2D eigenvalue weighted by Crippen LogP contribution is 2.26. The first-order chi connectivity index (χ1) is 10.3. The molecular weight excluding hydrogens is 288 g/mol. The highest BCUT2D eigenvalue weighted by Gasteiger charge is 2.18. The molecule has 1 aromatic carbocycles. The second kappa shape index (κ2) is 6.96. The molecule has 21 heavy (non-hydrogen) atoms. The van der Waals surface area contributed by atoms with E-state index in [0.717, 1.165) is 25.0 Å². The smallest absolute Gasteiger partial charge is 0.176 e. The summed E-state index contributed by atoms with van der Waals surface area (Å²) in [7, 11) is 0. The lowest BCUT2D eigenvalue weighted by Crippen LogP contribution is -2.25.